The zero-order valence-corrected chi connectivity index (χ0v) is 19.2. The molecule has 0 aliphatic heterocycles. The van der Waals surface area contributed by atoms with Crippen molar-refractivity contribution in [1.29, 1.82) is 0 Å². The minimum Gasteiger partial charge on any atom is -0.454 e. The van der Waals surface area contributed by atoms with Crippen LogP contribution in [0.1, 0.15) is 48.3 Å². The Bertz CT molecular complexity index is 1450. The van der Waals surface area contributed by atoms with Gasteiger partial charge in [0, 0.05) is 19.3 Å². The van der Waals surface area contributed by atoms with Crippen molar-refractivity contribution in [1.82, 2.24) is 19.2 Å². The molecular weight excluding hydrogens is 430 g/mol. The fourth-order valence-electron chi connectivity index (χ4n) is 4.50. The van der Waals surface area contributed by atoms with Crippen molar-refractivity contribution in [3.8, 4) is 0 Å². The number of para-hydroxylation sites is 2. The van der Waals surface area contributed by atoms with Gasteiger partial charge in [0.05, 0.1) is 16.5 Å². The molecular formula is C26H27N5O3. The van der Waals surface area contributed by atoms with Crippen molar-refractivity contribution in [3.63, 3.8) is 0 Å². The van der Waals surface area contributed by atoms with Gasteiger partial charge in [-0.05, 0) is 56.4 Å². The minimum atomic E-state index is -0.439. The van der Waals surface area contributed by atoms with E-state index in [9.17, 15) is 9.59 Å². The fraction of sp³-hybridized carbons (Fsp3) is 0.308. The van der Waals surface area contributed by atoms with Gasteiger partial charge in [0.2, 0.25) is 5.78 Å². The van der Waals surface area contributed by atoms with Crippen LogP contribution in [0, 0.1) is 0 Å². The molecule has 1 aliphatic rings. The highest BCUT2D eigenvalue weighted by molar-refractivity contribution is 5.95. The van der Waals surface area contributed by atoms with E-state index in [2.05, 4.69) is 21.6 Å². The molecule has 8 nitrogen and oxygen atoms in total. The van der Waals surface area contributed by atoms with Crippen LogP contribution in [0.15, 0.2) is 65.0 Å². The van der Waals surface area contributed by atoms with E-state index in [1.807, 2.05) is 36.4 Å². The van der Waals surface area contributed by atoms with Gasteiger partial charge in [-0.3, -0.25) is 13.8 Å². The molecule has 0 radical (unpaired) electrons. The van der Waals surface area contributed by atoms with Crippen LogP contribution in [-0.2, 0) is 18.4 Å². The van der Waals surface area contributed by atoms with Crippen molar-refractivity contribution < 1.29 is 9.53 Å². The summed E-state index contributed by atoms with van der Waals surface area (Å²) in [6.45, 7) is 0.703. The molecule has 2 aromatic carbocycles. The zero-order valence-electron chi connectivity index (χ0n) is 19.2. The Hall–Kier alpha value is -3.94. The molecule has 0 spiro atoms. The zero-order chi connectivity index (χ0) is 23.5. The number of aromatic nitrogens is 4. The predicted octanol–water partition coefficient (Wildman–Crippen LogP) is 4.24. The molecule has 1 N–H and O–H groups in total. The van der Waals surface area contributed by atoms with E-state index in [4.69, 9.17) is 4.74 Å². The average Bonchev–Trinajstić information content (AvgIpc) is 3.31. The summed E-state index contributed by atoms with van der Waals surface area (Å²) in [6.07, 6.45) is 8.18. The third kappa shape index (κ3) is 4.19. The molecule has 5 rings (SSSR count). The fourth-order valence-corrected chi connectivity index (χ4v) is 4.50. The number of nitrogens with zero attached hydrogens (tertiary/aromatic N) is 4. The highest BCUT2D eigenvalue weighted by Gasteiger charge is 2.18. The van der Waals surface area contributed by atoms with Crippen LogP contribution < -0.4 is 10.9 Å². The monoisotopic (exact) mass is 457 g/mol. The number of fused-ring (bicyclic) bond motifs is 3. The molecule has 0 atom stereocenters. The van der Waals surface area contributed by atoms with Gasteiger partial charge in [-0.2, -0.15) is 0 Å². The maximum Gasteiger partial charge on any atom is 0.340 e. The minimum absolute atomic E-state index is 0.0661. The maximum absolute atomic E-state index is 13.0. The van der Waals surface area contributed by atoms with E-state index in [1.165, 1.54) is 29.4 Å². The van der Waals surface area contributed by atoms with Crippen molar-refractivity contribution in [2.75, 3.05) is 11.9 Å². The topological polar surface area (TPSA) is 90.5 Å². The summed E-state index contributed by atoms with van der Waals surface area (Å²) in [4.78, 5) is 25.6. The molecule has 0 saturated heterocycles. The van der Waals surface area contributed by atoms with Crippen LogP contribution in [0.5, 0.6) is 0 Å². The van der Waals surface area contributed by atoms with Gasteiger partial charge in [-0.25, -0.2) is 4.79 Å². The quantitative estimate of drug-likeness (QED) is 0.330. The summed E-state index contributed by atoms with van der Waals surface area (Å²) in [6, 6.07) is 14.6. The smallest absolute Gasteiger partial charge is 0.340 e. The number of anilines is 1. The molecule has 0 fully saturated rings. The second kappa shape index (κ2) is 9.51. The molecule has 4 aromatic rings. The molecule has 34 heavy (non-hydrogen) atoms. The van der Waals surface area contributed by atoms with Crippen molar-refractivity contribution in [2.45, 2.75) is 38.7 Å². The molecule has 8 heteroatoms. The van der Waals surface area contributed by atoms with Crippen LogP contribution in [-0.4, -0.2) is 31.7 Å². The first-order valence-electron chi connectivity index (χ1n) is 11.6. The second-order valence-electron chi connectivity index (χ2n) is 8.54. The third-order valence-corrected chi connectivity index (χ3v) is 6.32. The van der Waals surface area contributed by atoms with E-state index in [-0.39, 0.29) is 12.2 Å². The lowest BCUT2D eigenvalue weighted by molar-refractivity contribution is 0.0462. The van der Waals surface area contributed by atoms with Crippen molar-refractivity contribution >= 4 is 28.3 Å². The molecule has 0 unspecified atom stereocenters. The standard InChI is InChI=1S/C26H27N5O3/c1-30-24(32)20-12-6-8-14-22(20)31-23(28-29-26(30)31)17-34-25(33)19-11-5-7-13-21(19)27-16-15-18-9-3-2-4-10-18/h5-9,11-14,27H,2-4,10,15-17H2,1H3. The SMILES string of the molecule is Cn1c(=O)c2ccccc2n2c(COC(=O)c3ccccc3NCCC3=CCCCC3)nnc12. The van der Waals surface area contributed by atoms with Crippen LogP contribution in [0.25, 0.3) is 16.7 Å². The Kier molecular flexibility index (Phi) is 6.12. The summed E-state index contributed by atoms with van der Waals surface area (Å²) < 4.78 is 8.84. The van der Waals surface area contributed by atoms with Crippen molar-refractivity contribution in [2.24, 2.45) is 7.05 Å². The molecule has 174 valence electrons. The van der Waals surface area contributed by atoms with Gasteiger partial charge in [0.25, 0.3) is 5.56 Å². The molecule has 0 saturated carbocycles. The average molecular weight is 458 g/mol. The first kappa shape index (κ1) is 21.9. The summed E-state index contributed by atoms with van der Waals surface area (Å²) >= 11 is 0. The van der Waals surface area contributed by atoms with Crippen LogP contribution in [0.4, 0.5) is 5.69 Å². The number of carbonyl (C=O) groups excluding carboxylic acids is 1. The van der Waals surface area contributed by atoms with Gasteiger partial charge in [-0.1, -0.05) is 35.9 Å². The van der Waals surface area contributed by atoms with E-state index in [0.717, 1.165) is 25.1 Å². The highest BCUT2D eigenvalue weighted by Crippen LogP contribution is 2.22. The number of aryl methyl sites for hydroxylation is 1. The summed E-state index contributed by atoms with van der Waals surface area (Å²) in [5, 5.41) is 12.3. The Balaban J connectivity index is 1.33. The number of benzene rings is 2. The number of esters is 1. The molecule has 0 amide bonds. The number of rotatable bonds is 7. The van der Waals surface area contributed by atoms with Crippen molar-refractivity contribution in [3.05, 3.63) is 81.9 Å². The van der Waals surface area contributed by atoms with Crippen LogP contribution >= 0.6 is 0 Å². The highest BCUT2D eigenvalue weighted by atomic mass is 16.5. The van der Waals surface area contributed by atoms with E-state index < -0.39 is 5.97 Å². The molecule has 2 heterocycles. The van der Waals surface area contributed by atoms with Crippen LogP contribution in [0.3, 0.4) is 0 Å². The van der Waals surface area contributed by atoms with E-state index in [1.54, 1.807) is 23.6 Å². The normalized spacial score (nSPS) is 13.7. The predicted molar refractivity (Wildman–Crippen MR) is 131 cm³/mol. The number of ether oxygens (including phenoxy) is 1. The van der Waals surface area contributed by atoms with Gasteiger partial charge in [0.15, 0.2) is 12.4 Å². The Morgan fingerprint density at radius 1 is 1.09 bits per heavy atom. The largest absolute Gasteiger partial charge is 0.454 e. The van der Waals surface area contributed by atoms with Gasteiger partial charge < -0.3 is 10.1 Å². The molecule has 0 bridgehead atoms. The maximum atomic E-state index is 13.0. The molecule has 1 aliphatic carbocycles. The Morgan fingerprint density at radius 2 is 1.91 bits per heavy atom. The number of hydrogen-bond acceptors (Lipinski definition) is 6. The first-order valence-corrected chi connectivity index (χ1v) is 11.6. The van der Waals surface area contributed by atoms with Gasteiger partial charge >= 0.3 is 5.97 Å². The first-order chi connectivity index (χ1) is 16.6. The summed E-state index contributed by atoms with van der Waals surface area (Å²) in [7, 11) is 1.65. The van der Waals surface area contributed by atoms with E-state index >= 15 is 0 Å². The van der Waals surface area contributed by atoms with Gasteiger partial charge in [0.1, 0.15) is 0 Å². The second-order valence-corrected chi connectivity index (χ2v) is 8.54. The number of allylic oxidation sites excluding steroid dienone is 1. The Morgan fingerprint density at radius 3 is 2.76 bits per heavy atom. The number of hydrogen-bond donors (Lipinski definition) is 1. The summed E-state index contributed by atoms with van der Waals surface area (Å²) in [5.41, 5.74) is 3.24. The molecule has 2 aromatic heterocycles. The van der Waals surface area contributed by atoms with Crippen LogP contribution in [0.2, 0.25) is 0 Å². The number of nitrogens with one attached hydrogen (secondary N) is 1. The Labute approximate surface area is 196 Å². The number of carbonyl (C=O) groups is 1. The van der Waals surface area contributed by atoms with Gasteiger partial charge in [-0.15, -0.1) is 10.2 Å². The summed E-state index contributed by atoms with van der Waals surface area (Å²) in [5.74, 6) is 0.407. The lowest BCUT2D eigenvalue weighted by Crippen LogP contribution is -2.20. The lowest BCUT2D eigenvalue weighted by Gasteiger charge is -2.15. The third-order valence-electron chi connectivity index (χ3n) is 6.32. The van der Waals surface area contributed by atoms with E-state index in [0.29, 0.717) is 28.1 Å². The lowest BCUT2D eigenvalue weighted by atomic mass is 9.97.